The molecule has 0 saturated heterocycles. The fourth-order valence-electron chi connectivity index (χ4n) is 3.42. The highest BCUT2D eigenvalue weighted by molar-refractivity contribution is 6.00. The second-order valence-corrected chi connectivity index (χ2v) is 7.21. The fourth-order valence-corrected chi connectivity index (χ4v) is 3.42. The fraction of sp³-hybridized carbons (Fsp3) is 0.556. The van der Waals surface area contributed by atoms with Crippen molar-refractivity contribution in [1.29, 1.82) is 0 Å². The van der Waals surface area contributed by atoms with Crippen LogP contribution in [-0.2, 0) is 16.1 Å². The molecule has 0 aliphatic carbocycles. The van der Waals surface area contributed by atoms with E-state index in [9.17, 15) is 9.90 Å². The van der Waals surface area contributed by atoms with Gasteiger partial charge in [-0.1, -0.05) is 0 Å². The maximum atomic E-state index is 11.5. The minimum absolute atomic E-state index is 0.0490. The molecule has 0 aromatic heterocycles. The van der Waals surface area contributed by atoms with Crippen LogP contribution in [0.25, 0.3) is 0 Å². The van der Waals surface area contributed by atoms with E-state index in [1.165, 1.54) is 6.92 Å². The summed E-state index contributed by atoms with van der Waals surface area (Å²) in [5.74, 6) is 5.46. The molecule has 7 N–H and O–H groups in total. The largest absolute Gasteiger partial charge is 0.486 e. The number of rotatable bonds is 7. The Morgan fingerprint density at radius 2 is 2.33 bits per heavy atom. The number of carboxylic acids is 1. The smallest absolute Gasteiger partial charge is 0.341 e. The molecule has 9 nitrogen and oxygen atoms in total. The Hall–Kier alpha value is -2.20. The molecule has 3 rings (SSSR count). The zero-order valence-corrected chi connectivity index (χ0v) is 15.2. The number of aliphatic hydroxyl groups excluding tert-OH is 1. The number of aliphatic hydroxyl groups is 1. The van der Waals surface area contributed by atoms with Crippen molar-refractivity contribution in [3.63, 3.8) is 0 Å². The zero-order chi connectivity index (χ0) is 19.6. The van der Waals surface area contributed by atoms with Gasteiger partial charge in [0.15, 0.2) is 0 Å². The third-order valence-corrected chi connectivity index (χ3v) is 5.20. The van der Waals surface area contributed by atoms with Crippen molar-refractivity contribution in [2.75, 3.05) is 13.2 Å². The number of benzene rings is 1. The monoisotopic (exact) mass is 378 g/mol. The number of aliphatic imine (C=N–C) groups is 1. The van der Waals surface area contributed by atoms with E-state index >= 15 is 0 Å². The van der Waals surface area contributed by atoms with Gasteiger partial charge in [-0.05, 0) is 49.9 Å². The lowest BCUT2D eigenvalue weighted by atomic mass is 9.90. The molecule has 0 spiro atoms. The predicted molar refractivity (Wildman–Crippen MR) is 98.5 cm³/mol. The Labute approximate surface area is 157 Å². The molecule has 0 amide bonds. The van der Waals surface area contributed by atoms with Crippen molar-refractivity contribution < 1.29 is 24.6 Å². The lowest BCUT2D eigenvalue weighted by molar-refractivity contribution is -0.179. The summed E-state index contributed by atoms with van der Waals surface area (Å²) in [4.78, 5) is 20.7. The van der Waals surface area contributed by atoms with Gasteiger partial charge in [0.05, 0.1) is 13.2 Å². The summed E-state index contributed by atoms with van der Waals surface area (Å²) in [6, 6.07) is 5.53. The molecule has 2 unspecified atom stereocenters. The SMILES string of the molecule is C[C@@](ON)(C(=O)O)[C@H]1CCc2cc(C3=NCC(CC(N)CO)N3)ccc2O1. The normalized spacial score (nSPS) is 24.8. The number of aryl methyl sites for hydroxylation is 1. The van der Waals surface area contributed by atoms with Crippen molar-refractivity contribution in [1.82, 2.24) is 5.32 Å². The van der Waals surface area contributed by atoms with Gasteiger partial charge in [0.2, 0.25) is 5.60 Å². The third-order valence-electron chi connectivity index (χ3n) is 5.20. The Kier molecular flexibility index (Phi) is 5.66. The van der Waals surface area contributed by atoms with Crippen molar-refractivity contribution in [3.05, 3.63) is 29.3 Å². The topological polar surface area (TPSA) is 152 Å². The van der Waals surface area contributed by atoms with Gasteiger partial charge in [-0.25, -0.2) is 10.7 Å². The van der Waals surface area contributed by atoms with Crippen LogP contribution in [0.15, 0.2) is 23.2 Å². The van der Waals surface area contributed by atoms with Gasteiger partial charge < -0.3 is 26.0 Å². The number of hydrogen-bond donors (Lipinski definition) is 5. The molecule has 1 aromatic rings. The van der Waals surface area contributed by atoms with E-state index < -0.39 is 17.7 Å². The summed E-state index contributed by atoms with van der Waals surface area (Å²) >= 11 is 0. The highest BCUT2D eigenvalue weighted by Crippen LogP contribution is 2.33. The summed E-state index contributed by atoms with van der Waals surface area (Å²) in [7, 11) is 0. The molecule has 0 saturated carbocycles. The molecule has 1 aromatic carbocycles. The Balaban J connectivity index is 1.70. The van der Waals surface area contributed by atoms with Crippen LogP contribution in [0.5, 0.6) is 5.75 Å². The number of hydrogen-bond acceptors (Lipinski definition) is 8. The van der Waals surface area contributed by atoms with Gasteiger partial charge in [0.1, 0.15) is 17.7 Å². The van der Waals surface area contributed by atoms with Crippen molar-refractivity contribution >= 4 is 11.8 Å². The molecule has 2 aliphatic rings. The summed E-state index contributed by atoms with van der Waals surface area (Å²) in [5, 5.41) is 21.8. The summed E-state index contributed by atoms with van der Waals surface area (Å²) < 4.78 is 5.86. The van der Waals surface area contributed by atoms with Gasteiger partial charge in [0.25, 0.3) is 0 Å². The second kappa shape index (κ2) is 7.81. The van der Waals surface area contributed by atoms with Crippen molar-refractivity contribution in [3.8, 4) is 5.75 Å². The molecule has 4 atom stereocenters. The van der Waals surface area contributed by atoms with E-state index in [1.807, 2.05) is 18.2 Å². The maximum absolute atomic E-state index is 11.5. The number of nitrogens with zero attached hydrogens (tertiary/aromatic N) is 1. The zero-order valence-electron chi connectivity index (χ0n) is 15.2. The quantitative estimate of drug-likeness (QED) is 0.400. The van der Waals surface area contributed by atoms with Gasteiger partial charge in [-0.2, -0.15) is 0 Å². The van der Waals surface area contributed by atoms with Gasteiger partial charge in [-0.15, -0.1) is 0 Å². The van der Waals surface area contributed by atoms with Crippen LogP contribution in [0.2, 0.25) is 0 Å². The Bertz CT molecular complexity index is 740. The van der Waals surface area contributed by atoms with Crippen LogP contribution in [0.4, 0.5) is 0 Å². The summed E-state index contributed by atoms with van der Waals surface area (Å²) in [6.45, 7) is 1.98. The molecule has 2 heterocycles. The number of carbonyl (C=O) groups is 1. The van der Waals surface area contributed by atoms with Crippen LogP contribution in [0.3, 0.4) is 0 Å². The summed E-state index contributed by atoms with van der Waals surface area (Å²) in [6.07, 6.45) is 1.09. The average Bonchev–Trinajstić information content (AvgIpc) is 3.14. The molecular weight excluding hydrogens is 352 g/mol. The van der Waals surface area contributed by atoms with E-state index in [2.05, 4.69) is 10.3 Å². The molecule has 27 heavy (non-hydrogen) atoms. The van der Waals surface area contributed by atoms with Gasteiger partial charge in [0, 0.05) is 17.6 Å². The number of nitrogens with two attached hydrogens (primary N) is 2. The molecule has 0 radical (unpaired) electrons. The Morgan fingerprint density at radius 1 is 1.56 bits per heavy atom. The van der Waals surface area contributed by atoms with Crippen LogP contribution in [0, 0.1) is 0 Å². The highest BCUT2D eigenvalue weighted by Gasteiger charge is 2.46. The number of fused-ring (bicyclic) bond motifs is 1. The number of aliphatic carboxylic acids is 1. The lowest BCUT2D eigenvalue weighted by Gasteiger charge is -2.35. The highest BCUT2D eigenvalue weighted by atomic mass is 16.7. The van der Waals surface area contributed by atoms with Crippen molar-refractivity contribution in [2.24, 2.45) is 16.6 Å². The first-order valence-corrected chi connectivity index (χ1v) is 8.96. The molecule has 0 fully saturated rings. The average molecular weight is 378 g/mol. The number of amidine groups is 1. The standard InChI is InChI=1S/C18H26N4O5/c1-18(27-20,17(24)25)15-5-3-10-6-11(2-4-14(10)26-15)16-21-8-13(22-16)7-12(19)9-23/h2,4,6,12-13,15,23H,3,5,7-9,19-20H2,1H3,(H,21,22)(H,24,25)/t12?,13?,15-,18+/m1/s1. The first kappa shape index (κ1) is 19.6. The van der Waals surface area contributed by atoms with E-state index in [-0.39, 0.29) is 18.7 Å². The third kappa shape index (κ3) is 3.91. The molecule has 9 heteroatoms. The van der Waals surface area contributed by atoms with E-state index in [1.54, 1.807) is 0 Å². The second-order valence-electron chi connectivity index (χ2n) is 7.21. The van der Waals surface area contributed by atoms with E-state index in [0.29, 0.717) is 31.6 Å². The van der Waals surface area contributed by atoms with Crippen LogP contribution in [0.1, 0.15) is 30.9 Å². The minimum atomic E-state index is -1.61. The van der Waals surface area contributed by atoms with Crippen LogP contribution >= 0.6 is 0 Å². The Morgan fingerprint density at radius 3 is 3.00 bits per heavy atom. The van der Waals surface area contributed by atoms with E-state index in [0.717, 1.165) is 17.0 Å². The first-order chi connectivity index (χ1) is 12.9. The minimum Gasteiger partial charge on any atom is -0.486 e. The molecule has 2 aliphatic heterocycles. The number of carboxylic acid groups (broad SMARTS) is 1. The lowest BCUT2D eigenvalue weighted by Crippen LogP contribution is -2.54. The van der Waals surface area contributed by atoms with Crippen molar-refractivity contribution in [2.45, 2.75) is 50.0 Å². The van der Waals surface area contributed by atoms with Gasteiger partial charge >= 0.3 is 5.97 Å². The van der Waals surface area contributed by atoms with E-state index in [4.69, 9.17) is 26.3 Å². The molecule has 0 bridgehead atoms. The maximum Gasteiger partial charge on any atom is 0.341 e. The first-order valence-electron chi connectivity index (χ1n) is 8.96. The predicted octanol–water partition coefficient (Wildman–Crippen LogP) is -0.458. The number of ether oxygens (including phenoxy) is 1. The van der Waals surface area contributed by atoms with Gasteiger partial charge in [-0.3, -0.25) is 9.83 Å². The summed E-state index contributed by atoms with van der Waals surface area (Å²) in [5.41, 5.74) is 6.10. The number of nitrogens with one attached hydrogen (secondary N) is 1. The van der Waals surface area contributed by atoms with Crippen LogP contribution < -0.4 is 21.7 Å². The molecular formula is C18H26N4O5. The molecule has 148 valence electrons. The van der Waals surface area contributed by atoms with Crippen LogP contribution in [-0.4, -0.2) is 59.0 Å².